The summed E-state index contributed by atoms with van der Waals surface area (Å²) >= 11 is 0. The van der Waals surface area contributed by atoms with Gasteiger partial charge >= 0.3 is 0 Å². The van der Waals surface area contributed by atoms with Gasteiger partial charge in [-0.1, -0.05) is 0 Å². The number of fused-ring (bicyclic) bond motifs is 1. The van der Waals surface area contributed by atoms with E-state index in [1.165, 1.54) is 0 Å². The SMILES string of the molecule is OC1NCc2cnccc2N1. The molecule has 1 aliphatic rings. The van der Waals surface area contributed by atoms with Crippen LogP contribution in [0.15, 0.2) is 18.5 Å². The standard InChI is InChI=1S/C7H9N3O/c11-7-9-4-5-3-8-2-1-6(5)10-7/h1-3,7,9-11H,4H2. The van der Waals surface area contributed by atoms with Gasteiger partial charge in [-0.15, -0.1) is 0 Å². The number of aliphatic hydroxyl groups is 1. The first-order chi connectivity index (χ1) is 5.36. The van der Waals surface area contributed by atoms with Gasteiger partial charge in [0.15, 0.2) is 6.35 Å². The fourth-order valence-corrected chi connectivity index (χ4v) is 1.11. The van der Waals surface area contributed by atoms with Gasteiger partial charge in [-0.25, -0.2) is 0 Å². The van der Waals surface area contributed by atoms with Gasteiger partial charge in [-0.2, -0.15) is 0 Å². The minimum Gasteiger partial charge on any atom is -0.361 e. The molecule has 2 rings (SSSR count). The fourth-order valence-electron chi connectivity index (χ4n) is 1.11. The van der Waals surface area contributed by atoms with Crippen LogP contribution in [0.25, 0.3) is 0 Å². The summed E-state index contributed by atoms with van der Waals surface area (Å²) in [7, 11) is 0. The van der Waals surface area contributed by atoms with Crippen LogP contribution in [-0.4, -0.2) is 16.4 Å². The second kappa shape index (κ2) is 2.48. The molecule has 4 heteroatoms. The van der Waals surface area contributed by atoms with E-state index < -0.39 is 6.35 Å². The highest BCUT2D eigenvalue weighted by molar-refractivity contribution is 5.51. The minimum absolute atomic E-state index is 0.634. The molecule has 0 saturated heterocycles. The molecule has 0 aliphatic carbocycles. The van der Waals surface area contributed by atoms with Gasteiger partial charge in [0, 0.05) is 30.2 Å². The number of aliphatic hydroxyl groups excluding tert-OH is 1. The van der Waals surface area contributed by atoms with Crippen molar-refractivity contribution in [3.05, 3.63) is 24.0 Å². The van der Waals surface area contributed by atoms with Gasteiger partial charge in [0.25, 0.3) is 0 Å². The normalized spacial score (nSPS) is 22.1. The van der Waals surface area contributed by atoms with Crippen molar-refractivity contribution >= 4 is 5.69 Å². The molecule has 4 nitrogen and oxygen atoms in total. The van der Waals surface area contributed by atoms with Crippen molar-refractivity contribution < 1.29 is 5.11 Å². The number of hydrogen-bond donors (Lipinski definition) is 3. The van der Waals surface area contributed by atoms with Crippen LogP contribution in [0.2, 0.25) is 0 Å². The van der Waals surface area contributed by atoms with Crippen LogP contribution in [-0.2, 0) is 6.54 Å². The van der Waals surface area contributed by atoms with Crippen molar-refractivity contribution in [2.45, 2.75) is 12.9 Å². The van der Waals surface area contributed by atoms with Gasteiger partial charge in [0.2, 0.25) is 0 Å². The highest BCUT2D eigenvalue weighted by Crippen LogP contribution is 2.16. The molecule has 0 radical (unpaired) electrons. The quantitative estimate of drug-likeness (QED) is 0.483. The Labute approximate surface area is 64.3 Å². The van der Waals surface area contributed by atoms with Crippen molar-refractivity contribution in [1.82, 2.24) is 10.3 Å². The molecule has 3 N–H and O–H groups in total. The predicted molar refractivity (Wildman–Crippen MR) is 40.7 cm³/mol. The minimum atomic E-state index is -0.634. The Hall–Kier alpha value is -1.13. The van der Waals surface area contributed by atoms with Crippen LogP contribution in [0.1, 0.15) is 5.56 Å². The molecule has 1 unspecified atom stereocenters. The van der Waals surface area contributed by atoms with E-state index in [2.05, 4.69) is 15.6 Å². The number of rotatable bonds is 0. The third-order valence-corrected chi connectivity index (χ3v) is 1.68. The Bertz CT molecular complexity index is 264. The molecule has 0 bridgehead atoms. The molecule has 11 heavy (non-hydrogen) atoms. The first-order valence-corrected chi connectivity index (χ1v) is 3.47. The van der Waals surface area contributed by atoms with E-state index in [-0.39, 0.29) is 0 Å². The lowest BCUT2D eigenvalue weighted by Gasteiger charge is -2.23. The highest BCUT2D eigenvalue weighted by atomic mass is 16.3. The smallest absolute Gasteiger partial charge is 0.181 e. The van der Waals surface area contributed by atoms with Crippen LogP contribution >= 0.6 is 0 Å². The predicted octanol–water partition coefficient (Wildman–Crippen LogP) is -0.127. The van der Waals surface area contributed by atoms with Crippen LogP contribution in [0.3, 0.4) is 0 Å². The van der Waals surface area contributed by atoms with Gasteiger partial charge in [0.05, 0.1) is 0 Å². The summed E-state index contributed by atoms with van der Waals surface area (Å²) in [5, 5.41) is 14.8. The van der Waals surface area contributed by atoms with Gasteiger partial charge in [0.1, 0.15) is 0 Å². The molecular formula is C7H9N3O. The van der Waals surface area contributed by atoms with E-state index in [1.54, 1.807) is 12.4 Å². The number of aromatic nitrogens is 1. The molecule has 0 amide bonds. The number of nitrogens with one attached hydrogen (secondary N) is 2. The topological polar surface area (TPSA) is 57.2 Å². The molecule has 0 spiro atoms. The van der Waals surface area contributed by atoms with Crippen molar-refractivity contribution in [2.24, 2.45) is 0 Å². The lowest BCUT2D eigenvalue weighted by Crippen LogP contribution is -2.39. The Morgan fingerprint density at radius 1 is 1.64 bits per heavy atom. The molecule has 1 aliphatic heterocycles. The monoisotopic (exact) mass is 151 g/mol. The lowest BCUT2D eigenvalue weighted by molar-refractivity contribution is 0.158. The summed E-state index contributed by atoms with van der Waals surface area (Å²) in [4.78, 5) is 3.96. The van der Waals surface area contributed by atoms with Crippen molar-refractivity contribution in [3.63, 3.8) is 0 Å². The molecule has 58 valence electrons. The lowest BCUT2D eigenvalue weighted by atomic mass is 10.2. The molecule has 2 heterocycles. The highest BCUT2D eigenvalue weighted by Gasteiger charge is 2.12. The van der Waals surface area contributed by atoms with Crippen molar-refractivity contribution in [3.8, 4) is 0 Å². The van der Waals surface area contributed by atoms with E-state index >= 15 is 0 Å². The van der Waals surface area contributed by atoms with E-state index in [0.717, 1.165) is 11.3 Å². The summed E-state index contributed by atoms with van der Waals surface area (Å²) in [6.07, 6.45) is 2.84. The zero-order valence-corrected chi connectivity index (χ0v) is 5.91. The number of pyridine rings is 1. The first-order valence-electron chi connectivity index (χ1n) is 3.47. The second-order valence-corrected chi connectivity index (χ2v) is 2.46. The molecule has 0 saturated carbocycles. The Kier molecular flexibility index (Phi) is 1.48. The molecular weight excluding hydrogens is 142 g/mol. The van der Waals surface area contributed by atoms with Crippen LogP contribution in [0.4, 0.5) is 5.69 Å². The Balaban J connectivity index is 2.34. The van der Waals surface area contributed by atoms with Gasteiger partial charge in [-0.05, 0) is 6.07 Å². The summed E-state index contributed by atoms with van der Waals surface area (Å²) < 4.78 is 0. The van der Waals surface area contributed by atoms with Gasteiger partial charge < -0.3 is 10.4 Å². The van der Waals surface area contributed by atoms with E-state index in [0.29, 0.717) is 6.54 Å². The molecule has 1 aromatic rings. The van der Waals surface area contributed by atoms with Crippen molar-refractivity contribution in [2.75, 3.05) is 5.32 Å². The maximum Gasteiger partial charge on any atom is 0.181 e. The summed E-state index contributed by atoms with van der Waals surface area (Å²) in [6.45, 7) is 0.664. The molecule has 0 fully saturated rings. The maximum atomic E-state index is 9.11. The largest absolute Gasteiger partial charge is 0.361 e. The first kappa shape index (κ1) is 6.57. The Morgan fingerprint density at radius 2 is 2.55 bits per heavy atom. The summed E-state index contributed by atoms with van der Waals surface area (Å²) in [5.74, 6) is 0. The van der Waals surface area contributed by atoms with E-state index in [1.807, 2.05) is 6.07 Å². The van der Waals surface area contributed by atoms with Crippen LogP contribution in [0.5, 0.6) is 0 Å². The zero-order chi connectivity index (χ0) is 7.68. The van der Waals surface area contributed by atoms with Crippen molar-refractivity contribution in [1.29, 1.82) is 0 Å². The zero-order valence-electron chi connectivity index (χ0n) is 5.91. The molecule has 1 aromatic heterocycles. The van der Waals surface area contributed by atoms with E-state index in [9.17, 15) is 0 Å². The summed E-state index contributed by atoms with van der Waals surface area (Å²) in [6, 6.07) is 1.85. The third kappa shape index (κ3) is 1.18. The van der Waals surface area contributed by atoms with Crippen LogP contribution < -0.4 is 10.6 Å². The second-order valence-electron chi connectivity index (χ2n) is 2.46. The molecule has 0 aromatic carbocycles. The summed E-state index contributed by atoms with van der Waals surface area (Å²) in [5.41, 5.74) is 2.03. The van der Waals surface area contributed by atoms with Gasteiger partial charge in [-0.3, -0.25) is 10.3 Å². The van der Waals surface area contributed by atoms with E-state index in [4.69, 9.17) is 5.11 Å². The average molecular weight is 151 g/mol. The molecule has 1 atom stereocenters. The van der Waals surface area contributed by atoms with Crippen LogP contribution in [0, 0.1) is 0 Å². The maximum absolute atomic E-state index is 9.11. The number of hydrogen-bond acceptors (Lipinski definition) is 4. The third-order valence-electron chi connectivity index (χ3n) is 1.68. The average Bonchev–Trinajstić information content (AvgIpc) is 2.04. The Morgan fingerprint density at radius 3 is 3.45 bits per heavy atom. The number of anilines is 1. The fraction of sp³-hybridized carbons (Fsp3) is 0.286. The number of nitrogens with zero attached hydrogens (tertiary/aromatic N) is 1.